The molecule has 0 aliphatic heterocycles. The Labute approximate surface area is 108 Å². The van der Waals surface area contributed by atoms with Gasteiger partial charge in [0.1, 0.15) is 0 Å². The SMILES string of the molecule is C[C@H](CN)NC(=O)C1(c2ccccc2)CC1.Cl. The largest absolute Gasteiger partial charge is 0.352 e. The topological polar surface area (TPSA) is 55.1 Å². The summed E-state index contributed by atoms with van der Waals surface area (Å²) in [5.74, 6) is 0.122. The van der Waals surface area contributed by atoms with Crippen molar-refractivity contribution < 1.29 is 4.79 Å². The number of amides is 1. The highest BCUT2D eigenvalue weighted by Crippen LogP contribution is 2.48. The second-order valence-corrected chi connectivity index (χ2v) is 4.56. The van der Waals surface area contributed by atoms with Crippen molar-refractivity contribution in [1.82, 2.24) is 5.32 Å². The molecule has 0 heterocycles. The van der Waals surface area contributed by atoms with Crippen LogP contribution in [0.25, 0.3) is 0 Å². The molecule has 4 heteroatoms. The van der Waals surface area contributed by atoms with Gasteiger partial charge in [0.2, 0.25) is 5.91 Å². The highest BCUT2D eigenvalue weighted by molar-refractivity contribution is 5.91. The molecule has 0 radical (unpaired) electrons. The van der Waals surface area contributed by atoms with E-state index in [0.717, 1.165) is 18.4 Å². The number of benzene rings is 1. The first-order valence-corrected chi connectivity index (χ1v) is 5.75. The van der Waals surface area contributed by atoms with Crippen LogP contribution in [0.5, 0.6) is 0 Å². The lowest BCUT2D eigenvalue weighted by molar-refractivity contribution is -0.124. The lowest BCUT2D eigenvalue weighted by Crippen LogP contribution is -2.43. The van der Waals surface area contributed by atoms with E-state index >= 15 is 0 Å². The molecule has 1 aliphatic carbocycles. The van der Waals surface area contributed by atoms with Crippen molar-refractivity contribution in [2.45, 2.75) is 31.2 Å². The smallest absolute Gasteiger partial charge is 0.230 e. The Bertz CT molecular complexity index is 376. The average Bonchev–Trinajstić information content (AvgIpc) is 3.11. The van der Waals surface area contributed by atoms with Crippen LogP contribution in [0.2, 0.25) is 0 Å². The Balaban J connectivity index is 0.00000144. The number of halogens is 1. The average molecular weight is 255 g/mol. The molecule has 1 aromatic rings. The molecule has 1 aromatic carbocycles. The highest BCUT2D eigenvalue weighted by atomic mass is 35.5. The van der Waals surface area contributed by atoms with E-state index in [1.165, 1.54) is 0 Å². The van der Waals surface area contributed by atoms with Gasteiger partial charge >= 0.3 is 0 Å². The minimum Gasteiger partial charge on any atom is -0.352 e. The zero-order valence-corrected chi connectivity index (χ0v) is 10.8. The van der Waals surface area contributed by atoms with Crippen LogP contribution in [0, 0.1) is 0 Å². The van der Waals surface area contributed by atoms with Crippen LogP contribution >= 0.6 is 12.4 Å². The number of hydrogen-bond acceptors (Lipinski definition) is 2. The first-order chi connectivity index (χ1) is 7.69. The van der Waals surface area contributed by atoms with Gasteiger partial charge in [0.15, 0.2) is 0 Å². The molecular formula is C13H19ClN2O. The van der Waals surface area contributed by atoms with E-state index in [4.69, 9.17) is 5.73 Å². The molecule has 1 saturated carbocycles. The second kappa shape index (κ2) is 5.52. The van der Waals surface area contributed by atoms with E-state index in [9.17, 15) is 4.79 Å². The molecule has 0 spiro atoms. The third-order valence-electron chi connectivity index (χ3n) is 3.24. The number of carbonyl (C=O) groups excluding carboxylic acids is 1. The van der Waals surface area contributed by atoms with E-state index in [-0.39, 0.29) is 29.8 Å². The van der Waals surface area contributed by atoms with Crippen LogP contribution in [-0.4, -0.2) is 18.5 Å². The summed E-state index contributed by atoms with van der Waals surface area (Å²) >= 11 is 0. The third kappa shape index (κ3) is 2.79. The van der Waals surface area contributed by atoms with Gasteiger partial charge in [-0.25, -0.2) is 0 Å². The van der Waals surface area contributed by atoms with E-state index in [1.807, 2.05) is 37.3 Å². The van der Waals surface area contributed by atoms with Gasteiger partial charge < -0.3 is 11.1 Å². The molecule has 1 aliphatic rings. The van der Waals surface area contributed by atoms with E-state index < -0.39 is 0 Å². The first kappa shape index (κ1) is 14.0. The maximum atomic E-state index is 12.1. The van der Waals surface area contributed by atoms with Crippen molar-refractivity contribution in [3.8, 4) is 0 Å². The third-order valence-corrected chi connectivity index (χ3v) is 3.24. The normalized spacial score (nSPS) is 17.8. The molecule has 0 aromatic heterocycles. The van der Waals surface area contributed by atoms with Crippen LogP contribution < -0.4 is 11.1 Å². The van der Waals surface area contributed by atoms with Gasteiger partial charge in [-0.3, -0.25) is 4.79 Å². The van der Waals surface area contributed by atoms with Gasteiger partial charge in [-0.05, 0) is 25.3 Å². The summed E-state index contributed by atoms with van der Waals surface area (Å²) in [4.78, 5) is 12.1. The van der Waals surface area contributed by atoms with Crippen molar-refractivity contribution in [3.05, 3.63) is 35.9 Å². The van der Waals surface area contributed by atoms with Crippen LogP contribution in [0.3, 0.4) is 0 Å². The summed E-state index contributed by atoms with van der Waals surface area (Å²) < 4.78 is 0. The summed E-state index contributed by atoms with van der Waals surface area (Å²) in [6, 6.07) is 10.0. The molecule has 0 unspecified atom stereocenters. The summed E-state index contributed by atoms with van der Waals surface area (Å²) in [5.41, 5.74) is 6.36. The van der Waals surface area contributed by atoms with Gasteiger partial charge in [-0.2, -0.15) is 0 Å². The minimum absolute atomic E-state index is 0. The van der Waals surface area contributed by atoms with Crippen LogP contribution in [-0.2, 0) is 10.2 Å². The van der Waals surface area contributed by atoms with Crippen molar-refractivity contribution in [2.24, 2.45) is 5.73 Å². The minimum atomic E-state index is -0.273. The number of carbonyl (C=O) groups is 1. The Morgan fingerprint density at radius 1 is 1.41 bits per heavy atom. The standard InChI is InChI=1S/C13H18N2O.ClH/c1-10(9-14)15-12(16)13(7-8-13)11-5-3-2-4-6-11;/h2-6,10H,7-9,14H2,1H3,(H,15,16);1H/t10-;/m1./s1. The van der Waals surface area contributed by atoms with Crippen LogP contribution in [0.15, 0.2) is 30.3 Å². The van der Waals surface area contributed by atoms with Gasteiger partial charge in [0.25, 0.3) is 0 Å². The Kier molecular flexibility index (Phi) is 4.54. The molecule has 0 bridgehead atoms. The predicted octanol–water partition coefficient (Wildman–Crippen LogP) is 1.60. The molecule has 1 atom stereocenters. The molecular weight excluding hydrogens is 236 g/mol. The molecule has 94 valence electrons. The Hall–Kier alpha value is -1.06. The summed E-state index contributed by atoms with van der Waals surface area (Å²) in [6.45, 7) is 2.41. The summed E-state index contributed by atoms with van der Waals surface area (Å²) in [6.07, 6.45) is 1.89. The van der Waals surface area contributed by atoms with Crippen LogP contribution in [0.4, 0.5) is 0 Å². The van der Waals surface area contributed by atoms with E-state index in [2.05, 4.69) is 5.32 Å². The zero-order valence-electron chi connectivity index (χ0n) is 9.98. The lowest BCUT2D eigenvalue weighted by atomic mass is 9.95. The fraction of sp³-hybridized carbons (Fsp3) is 0.462. The molecule has 3 N–H and O–H groups in total. The van der Waals surface area contributed by atoms with Gasteiger partial charge in [-0.1, -0.05) is 30.3 Å². The molecule has 1 fully saturated rings. The van der Waals surface area contributed by atoms with Crippen molar-refractivity contribution >= 4 is 18.3 Å². The van der Waals surface area contributed by atoms with Crippen LogP contribution in [0.1, 0.15) is 25.3 Å². The van der Waals surface area contributed by atoms with E-state index in [0.29, 0.717) is 6.54 Å². The fourth-order valence-corrected chi connectivity index (χ4v) is 1.95. The lowest BCUT2D eigenvalue weighted by Gasteiger charge is -2.18. The molecule has 0 saturated heterocycles. The monoisotopic (exact) mass is 254 g/mol. The highest BCUT2D eigenvalue weighted by Gasteiger charge is 2.51. The Morgan fingerprint density at radius 2 is 2.00 bits per heavy atom. The molecule has 3 nitrogen and oxygen atoms in total. The number of hydrogen-bond donors (Lipinski definition) is 2. The van der Waals surface area contributed by atoms with Gasteiger partial charge in [-0.15, -0.1) is 12.4 Å². The maximum absolute atomic E-state index is 12.1. The molecule has 17 heavy (non-hydrogen) atoms. The molecule has 1 amide bonds. The van der Waals surface area contributed by atoms with Crippen molar-refractivity contribution in [1.29, 1.82) is 0 Å². The number of rotatable bonds is 4. The fourth-order valence-electron chi connectivity index (χ4n) is 1.95. The predicted molar refractivity (Wildman–Crippen MR) is 71.3 cm³/mol. The van der Waals surface area contributed by atoms with Crippen molar-refractivity contribution in [2.75, 3.05) is 6.54 Å². The first-order valence-electron chi connectivity index (χ1n) is 5.75. The Morgan fingerprint density at radius 3 is 2.47 bits per heavy atom. The number of nitrogens with one attached hydrogen (secondary N) is 1. The molecule has 2 rings (SSSR count). The second-order valence-electron chi connectivity index (χ2n) is 4.56. The zero-order chi connectivity index (χ0) is 11.6. The van der Waals surface area contributed by atoms with Gasteiger partial charge in [0.05, 0.1) is 5.41 Å². The van der Waals surface area contributed by atoms with Crippen molar-refractivity contribution in [3.63, 3.8) is 0 Å². The number of nitrogens with two attached hydrogens (primary N) is 1. The summed E-state index contributed by atoms with van der Waals surface area (Å²) in [5, 5.41) is 2.97. The quantitative estimate of drug-likeness (QED) is 0.858. The maximum Gasteiger partial charge on any atom is 0.230 e. The summed E-state index contributed by atoms with van der Waals surface area (Å²) in [7, 11) is 0. The van der Waals surface area contributed by atoms with E-state index in [1.54, 1.807) is 0 Å². The van der Waals surface area contributed by atoms with Gasteiger partial charge in [0, 0.05) is 12.6 Å².